The molecule has 0 unspecified atom stereocenters. The van der Waals surface area contributed by atoms with Gasteiger partial charge in [0.1, 0.15) is 0 Å². The van der Waals surface area contributed by atoms with Gasteiger partial charge in [-0.3, -0.25) is 0 Å². The lowest BCUT2D eigenvalue weighted by Gasteiger charge is -2.10. The van der Waals surface area contributed by atoms with Gasteiger partial charge < -0.3 is 5.73 Å². The molecule has 0 aliphatic heterocycles. The van der Waals surface area contributed by atoms with Gasteiger partial charge in [0.25, 0.3) is 0 Å². The van der Waals surface area contributed by atoms with Crippen LogP contribution in [0, 0.1) is 12.8 Å². The van der Waals surface area contributed by atoms with Crippen LogP contribution in [-0.2, 0) is 10.0 Å². The third-order valence-corrected chi connectivity index (χ3v) is 4.74. The Morgan fingerprint density at radius 2 is 2.12 bits per heavy atom. The Hall–Kier alpha value is -0.780. The van der Waals surface area contributed by atoms with E-state index in [-0.39, 0.29) is 10.6 Å². The number of rotatable bonds is 4. The number of aryl methyl sites for hydroxylation is 1. The maximum atomic E-state index is 12.0. The highest BCUT2D eigenvalue weighted by molar-refractivity contribution is 7.89. The molecule has 4 nitrogen and oxygen atoms in total. The zero-order valence-electron chi connectivity index (χ0n) is 9.53. The minimum absolute atomic E-state index is 0.208. The van der Waals surface area contributed by atoms with Gasteiger partial charge in [-0.1, -0.05) is 11.6 Å². The number of anilines is 1. The fraction of sp³-hybridized carbons (Fsp3) is 0.455. The molecule has 0 spiro atoms. The third kappa shape index (κ3) is 2.91. The summed E-state index contributed by atoms with van der Waals surface area (Å²) in [5, 5.41) is 0.378. The molecule has 1 aliphatic carbocycles. The highest BCUT2D eigenvalue weighted by atomic mass is 35.5. The van der Waals surface area contributed by atoms with E-state index in [1.165, 1.54) is 6.07 Å². The standard InChI is InChI=1S/C11H15ClN2O2S/c1-7-4-9(12)10(13)5-11(7)17(15,16)14-6-8-2-3-8/h4-5,8,14H,2-3,6,13H2,1H3. The molecule has 0 heterocycles. The number of hydrogen-bond donors (Lipinski definition) is 2. The van der Waals surface area contributed by atoms with E-state index >= 15 is 0 Å². The van der Waals surface area contributed by atoms with Crippen molar-refractivity contribution in [2.45, 2.75) is 24.7 Å². The first-order valence-corrected chi connectivity index (χ1v) is 7.31. The largest absolute Gasteiger partial charge is 0.397 e. The zero-order valence-corrected chi connectivity index (χ0v) is 11.1. The first-order chi connectivity index (χ1) is 7.90. The average Bonchev–Trinajstić information content (AvgIpc) is 3.04. The maximum Gasteiger partial charge on any atom is 0.240 e. The lowest BCUT2D eigenvalue weighted by molar-refractivity contribution is 0.577. The van der Waals surface area contributed by atoms with Gasteiger partial charge in [-0.2, -0.15) is 0 Å². The van der Waals surface area contributed by atoms with E-state index in [1.807, 2.05) is 0 Å². The summed E-state index contributed by atoms with van der Waals surface area (Å²) in [6.07, 6.45) is 2.20. The second-order valence-electron chi connectivity index (χ2n) is 4.43. The number of nitrogens with two attached hydrogens (primary N) is 1. The summed E-state index contributed by atoms with van der Waals surface area (Å²) in [6, 6.07) is 2.98. The van der Waals surface area contributed by atoms with Crippen LogP contribution < -0.4 is 10.5 Å². The Balaban J connectivity index is 2.27. The van der Waals surface area contributed by atoms with Crippen molar-refractivity contribution in [1.29, 1.82) is 0 Å². The van der Waals surface area contributed by atoms with Gasteiger partial charge in [-0.15, -0.1) is 0 Å². The summed E-state index contributed by atoms with van der Waals surface area (Å²) in [6.45, 7) is 2.21. The van der Waals surface area contributed by atoms with Crippen LogP contribution in [0.4, 0.5) is 5.69 Å². The topological polar surface area (TPSA) is 72.2 Å². The molecule has 0 saturated heterocycles. The molecule has 17 heavy (non-hydrogen) atoms. The summed E-state index contributed by atoms with van der Waals surface area (Å²) in [5.74, 6) is 0.495. The van der Waals surface area contributed by atoms with Crippen LogP contribution in [0.15, 0.2) is 17.0 Å². The van der Waals surface area contributed by atoms with Crippen molar-refractivity contribution >= 4 is 27.3 Å². The maximum absolute atomic E-state index is 12.0. The van der Waals surface area contributed by atoms with Crippen molar-refractivity contribution in [2.75, 3.05) is 12.3 Å². The average molecular weight is 275 g/mol. The molecule has 1 aromatic carbocycles. The number of nitrogens with one attached hydrogen (secondary N) is 1. The zero-order chi connectivity index (χ0) is 12.6. The molecule has 0 atom stereocenters. The van der Waals surface area contributed by atoms with Crippen LogP contribution in [0.25, 0.3) is 0 Å². The van der Waals surface area contributed by atoms with Gasteiger partial charge in [0, 0.05) is 6.54 Å². The highest BCUT2D eigenvalue weighted by Crippen LogP contribution is 2.29. The molecule has 6 heteroatoms. The number of benzene rings is 1. The normalized spacial score (nSPS) is 16.1. The van der Waals surface area contributed by atoms with Crippen LogP contribution >= 0.6 is 11.6 Å². The monoisotopic (exact) mass is 274 g/mol. The van der Waals surface area contributed by atoms with Crippen molar-refractivity contribution in [3.63, 3.8) is 0 Å². The van der Waals surface area contributed by atoms with Gasteiger partial charge in [0.15, 0.2) is 0 Å². The molecule has 1 saturated carbocycles. The Kier molecular flexibility index (Phi) is 3.34. The second kappa shape index (κ2) is 4.48. The van der Waals surface area contributed by atoms with Crippen LogP contribution in [0.1, 0.15) is 18.4 Å². The Labute approximate surface area is 106 Å². The fourth-order valence-corrected chi connectivity index (χ4v) is 3.18. The van der Waals surface area contributed by atoms with E-state index in [1.54, 1.807) is 13.0 Å². The van der Waals surface area contributed by atoms with Gasteiger partial charge >= 0.3 is 0 Å². The van der Waals surface area contributed by atoms with Gasteiger partial charge in [0.05, 0.1) is 15.6 Å². The van der Waals surface area contributed by atoms with Gasteiger partial charge in [-0.25, -0.2) is 13.1 Å². The number of halogens is 1. The van der Waals surface area contributed by atoms with E-state index in [4.69, 9.17) is 17.3 Å². The highest BCUT2D eigenvalue weighted by Gasteiger charge is 2.25. The Bertz CT molecular complexity index is 539. The van der Waals surface area contributed by atoms with E-state index in [9.17, 15) is 8.42 Å². The van der Waals surface area contributed by atoms with Crippen molar-refractivity contribution < 1.29 is 8.42 Å². The lowest BCUT2D eigenvalue weighted by atomic mass is 10.2. The number of hydrogen-bond acceptors (Lipinski definition) is 3. The van der Waals surface area contributed by atoms with E-state index in [2.05, 4.69) is 4.72 Å². The predicted molar refractivity (Wildman–Crippen MR) is 68.5 cm³/mol. The molecule has 2 rings (SSSR count). The van der Waals surface area contributed by atoms with Crippen LogP contribution in [0.5, 0.6) is 0 Å². The van der Waals surface area contributed by atoms with Crippen molar-refractivity contribution in [2.24, 2.45) is 5.92 Å². The van der Waals surface area contributed by atoms with Gasteiger partial charge in [-0.05, 0) is 43.4 Å². The number of sulfonamides is 1. The molecule has 3 N–H and O–H groups in total. The second-order valence-corrected chi connectivity index (χ2v) is 6.58. The molecule has 0 radical (unpaired) electrons. The van der Waals surface area contributed by atoms with Crippen LogP contribution in [0.2, 0.25) is 5.02 Å². The molecule has 94 valence electrons. The Morgan fingerprint density at radius 3 is 2.71 bits per heavy atom. The van der Waals surface area contributed by atoms with Crippen molar-refractivity contribution in [1.82, 2.24) is 4.72 Å². The smallest absolute Gasteiger partial charge is 0.240 e. The predicted octanol–water partition coefficient (Wildman–Crippen LogP) is 1.92. The first kappa shape index (κ1) is 12.7. The Morgan fingerprint density at radius 1 is 1.47 bits per heavy atom. The lowest BCUT2D eigenvalue weighted by Crippen LogP contribution is -2.26. The molecular weight excluding hydrogens is 260 g/mol. The van der Waals surface area contributed by atoms with Crippen LogP contribution in [0.3, 0.4) is 0 Å². The summed E-state index contributed by atoms with van der Waals surface area (Å²) in [4.78, 5) is 0.208. The fourth-order valence-electron chi connectivity index (χ4n) is 1.59. The van der Waals surface area contributed by atoms with E-state index in [0.717, 1.165) is 12.8 Å². The molecule has 0 bridgehead atoms. The molecule has 1 aromatic rings. The molecular formula is C11H15ClN2O2S. The van der Waals surface area contributed by atoms with Crippen LogP contribution in [-0.4, -0.2) is 15.0 Å². The molecule has 0 aromatic heterocycles. The quantitative estimate of drug-likeness (QED) is 0.824. The summed E-state index contributed by atoms with van der Waals surface area (Å²) >= 11 is 5.83. The summed E-state index contributed by atoms with van der Waals surface area (Å²) in [5.41, 5.74) is 6.52. The molecule has 1 fully saturated rings. The molecule has 0 amide bonds. The van der Waals surface area contributed by atoms with E-state index < -0.39 is 10.0 Å². The van der Waals surface area contributed by atoms with Crippen molar-refractivity contribution in [3.8, 4) is 0 Å². The van der Waals surface area contributed by atoms with Gasteiger partial charge in [0.2, 0.25) is 10.0 Å². The number of nitrogen functional groups attached to an aromatic ring is 1. The van der Waals surface area contributed by atoms with Crippen molar-refractivity contribution in [3.05, 3.63) is 22.7 Å². The SMILES string of the molecule is Cc1cc(Cl)c(N)cc1S(=O)(=O)NCC1CC1. The minimum atomic E-state index is -3.47. The third-order valence-electron chi connectivity index (χ3n) is 2.84. The molecule has 1 aliphatic rings. The first-order valence-electron chi connectivity index (χ1n) is 5.45. The summed E-state index contributed by atoms with van der Waals surface area (Å²) in [7, 11) is -3.47. The minimum Gasteiger partial charge on any atom is -0.397 e. The summed E-state index contributed by atoms with van der Waals surface area (Å²) < 4.78 is 26.7. The van der Waals surface area contributed by atoms with E-state index in [0.29, 0.717) is 23.0 Å².